The van der Waals surface area contributed by atoms with Crippen LogP contribution in [0.3, 0.4) is 0 Å². The average Bonchev–Trinajstić information content (AvgIpc) is 2.39. The molecule has 1 heterocycles. The predicted molar refractivity (Wildman–Crippen MR) is 67.9 cm³/mol. The Morgan fingerprint density at radius 2 is 1.72 bits per heavy atom. The molecule has 0 saturated carbocycles. The Hall–Kier alpha value is -2.42. The largest absolute Gasteiger partial charge is 0.422 e. The standard InChI is InChI=1S/C15H9FO2/c16-12-6-7-13-11(8-12)9-14(18-15(13)17)10-4-2-1-3-5-10/h1-9H. The number of rotatable bonds is 1. The van der Waals surface area contributed by atoms with Crippen molar-refractivity contribution in [3.05, 3.63) is 70.8 Å². The van der Waals surface area contributed by atoms with Crippen LogP contribution in [-0.4, -0.2) is 0 Å². The summed E-state index contributed by atoms with van der Waals surface area (Å²) < 4.78 is 18.4. The number of benzene rings is 2. The molecular weight excluding hydrogens is 231 g/mol. The monoisotopic (exact) mass is 240 g/mol. The van der Waals surface area contributed by atoms with Crippen molar-refractivity contribution in [2.45, 2.75) is 0 Å². The summed E-state index contributed by atoms with van der Waals surface area (Å²) in [7, 11) is 0. The van der Waals surface area contributed by atoms with Crippen molar-refractivity contribution in [1.82, 2.24) is 0 Å². The number of hydrogen-bond acceptors (Lipinski definition) is 2. The minimum absolute atomic E-state index is 0.368. The molecule has 3 rings (SSSR count). The van der Waals surface area contributed by atoms with Crippen molar-refractivity contribution < 1.29 is 8.81 Å². The van der Waals surface area contributed by atoms with E-state index < -0.39 is 5.63 Å². The molecule has 3 heteroatoms. The molecule has 0 saturated heterocycles. The summed E-state index contributed by atoms with van der Waals surface area (Å²) in [6.07, 6.45) is 0. The zero-order valence-corrected chi connectivity index (χ0v) is 9.39. The Balaban J connectivity index is 2.30. The fourth-order valence-corrected chi connectivity index (χ4v) is 1.91. The normalized spacial score (nSPS) is 10.7. The van der Waals surface area contributed by atoms with Gasteiger partial charge in [-0.3, -0.25) is 0 Å². The molecule has 0 fully saturated rings. The van der Waals surface area contributed by atoms with Gasteiger partial charge in [0.05, 0.1) is 5.39 Å². The molecule has 0 aliphatic heterocycles. The summed E-state index contributed by atoms with van der Waals surface area (Å²) in [5, 5.41) is 0.932. The Morgan fingerprint density at radius 1 is 0.944 bits per heavy atom. The lowest BCUT2D eigenvalue weighted by Gasteiger charge is -2.02. The third kappa shape index (κ3) is 1.80. The summed E-state index contributed by atoms with van der Waals surface area (Å²) in [4.78, 5) is 11.8. The van der Waals surface area contributed by atoms with E-state index in [0.29, 0.717) is 16.5 Å². The lowest BCUT2D eigenvalue weighted by molar-refractivity contribution is 0.534. The highest BCUT2D eigenvalue weighted by atomic mass is 19.1. The van der Waals surface area contributed by atoms with Crippen molar-refractivity contribution in [2.24, 2.45) is 0 Å². The first-order valence-corrected chi connectivity index (χ1v) is 5.53. The predicted octanol–water partition coefficient (Wildman–Crippen LogP) is 3.60. The Kier molecular flexibility index (Phi) is 2.45. The first kappa shape index (κ1) is 10.7. The average molecular weight is 240 g/mol. The van der Waals surface area contributed by atoms with E-state index in [2.05, 4.69) is 0 Å². The van der Waals surface area contributed by atoms with E-state index in [1.165, 1.54) is 18.2 Å². The van der Waals surface area contributed by atoms with Crippen LogP contribution in [0.15, 0.2) is 63.8 Å². The minimum Gasteiger partial charge on any atom is -0.422 e. The van der Waals surface area contributed by atoms with Crippen LogP contribution in [0.1, 0.15) is 0 Å². The molecule has 0 amide bonds. The third-order valence-corrected chi connectivity index (χ3v) is 2.78. The maximum Gasteiger partial charge on any atom is 0.344 e. The molecule has 0 aliphatic carbocycles. The highest BCUT2D eigenvalue weighted by molar-refractivity contribution is 5.84. The van der Waals surface area contributed by atoms with Gasteiger partial charge >= 0.3 is 5.63 Å². The van der Waals surface area contributed by atoms with Crippen LogP contribution in [0.5, 0.6) is 0 Å². The van der Waals surface area contributed by atoms with Gasteiger partial charge in [-0.25, -0.2) is 9.18 Å². The maximum atomic E-state index is 13.2. The van der Waals surface area contributed by atoms with Crippen LogP contribution < -0.4 is 5.63 Å². The molecule has 0 N–H and O–H groups in total. The van der Waals surface area contributed by atoms with E-state index in [0.717, 1.165) is 5.56 Å². The molecule has 0 spiro atoms. The molecule has 0 radical (unpaired) electrons. The van der Waals surface area contributed by atoms with Crippen LogP contribution in [0, 0.1) is 5.82 Å². The fraction of sp³-hybridized carbons (Fsp3) is 0. The minimum atomic E-state index is -0.452. The Labute approximate surface area is 102 Å². The van der Waals surface area contributed by atoms with Gasteiger partial charge in [0.2, 0.25) is 0 Å². The lowest BCUT2D eigenvalue weighted by Crippen LogP contribution is -2.00. The van der Waals surface area contributed by atoms with Crippen molar-refractivity contribution in [2.75, 3.05) is 0 Å². The molecule has 0 bridgehead atoms. The van der Waals surface area contributed by atoms with Crippen molar-refractivity contribution in [1.29, 1.82) is 0 Å². The second-order valence-corrected chi connectivity index (χ2v) is 4.00. The zero-order chi connectivity index (χ0) is 12.5. The number of fused-ring (bicyclic) bond motifs is 1. The fourth-order valence-electron chi connectivity index (χ4n) is 1.91. The summed E-state index contributed by atoms with van der Waals surface area (Å²) in [6, 6.07) is 15.0. The van der Waals surface area contributed by atoms with Gasteiger partial charge in [0.25, 0.3) is 0 Å². The first-order chi connectivity index (χ1) is 8.74. The van der Waals surface area contributed by atoms with Gasteiger partial charge in [-0.05, 0) is 29.7 Å². The van der Waals surface area contributed by atoms with Gasteiger partial charge in [0.1, 0.15) is 11.6 Å². The lowest BCUT2D eigenvalue weighted by atomic mass is 10.1. The summed E-state index contributed by atoms with van der Waals surface area (Å²) in [6.45, 7) is 0. The van der Waals surface area contributed by atoms with Crippen molar-refractivity contribution >= 4 is 10.8 Å². The van der Waals surface area contributed by atoms with Gasteiger partial charge in [0.15, 0.2) is 0 Å². The zero-order valence-electron chi connectivity index (χ0n) is 9.39. The van der Waals surface area contributed by atoms with E-state index in [1.54, 1.807) is 6.07 Å². The Morgan fingerprint density at radius 3 is 2.50 bits per heavy atom. The molecule has 2 aromatic carbocycles. The maximum absolute atomic E-state index is 13.2. The molecule has 1 aromatic heterocycles. The van der Waals surface area contributed by atoms with E-state index in [9.17, 15) is 9.18 Å². The molecule has 0 atom stereocenters. The molecule has 3 aromatic rings. The smallest absolute Gasteiger partial charge is 0.344 e. The van der Waals surface area contributed by atoms with Gasteiger partial charge in [-0.1, -0.05) is 30.3 Å². The molecule has 88 valence electrons. The van der Waals surface area contributed by atoms with E-state index in [4.69, 9.17) is 4.42 Å². The topological polar surface area (TPSA) is 30.2 Å². The van der Waals surface area contributed by atoms with Gasteiger partial charge in [-0.15, -0.1) is 0 Å². The van der Waals surface area contributed by atoms with E-state index >= 15 is 0 Å². The van der Waals surface area contributed by atoms with Crippen LogP contribution in [-0.2, 0) is 0 Å². The number of hydrogen-bond donors (Lipinski definition) is 0. The van der Waals surface area contributed by atoms with Gasteiger partial charge < -0.3 is 4.42 Å². The summed E-state index contributed by atoms with van der Waals surface area (Å²) >= 11 is 0. The second-order valence-electron chi connectivity index (χ2n) is 4.00. The highest BCUT2D eigenvalue weighted by Gasteiger charge is 2.06. The number of halogens is 1. The highest BCUT2D eigenvalue weighted by Crippen LogP contribution is 2.22. The van der Waals surface area contributed by atoms with E-state index in [1.807, 2.05) is 30.3 Å². The van der Waals surface area contributed by atoms with Crippen molar-refractivity contribution in [3.8, 4) is 11.3 Å². The summed E-state index contributed by atoms with van der Waals surface area (Å²) in [5.74, 6) is 0.0748. The van der Waals surface area contributed by atoms with Crippen LogP contribution in [0.4, 0.5) is 4.39 Å². The SMILES string of the molecule is O=c1oc(-c2ccccc2)cc2cc(F)ccc12. The third-order valence-electron chi connectivity index (χ3n) is 2.78. The molecule has 0 unspecified atom stereocenters. The van der Waals surface area contributed by atoms with Crippen molar-refractivity contribution in [3.63, 3.8) is 0 Å². The van der Waals surface area contributed by atoms with Gasteiger partial charge in [-0.2, -0.15) is 0 Å². The van der Waals surface area contributed by atoms with Gasteiger partial charge in [0, 0.05) is 5.56 Å². The molecule has 0 aliphatic rings. The quantitative estimate of drug-likeness (QED) is 0.650. The molecular formula is C15H9FO2. The van der Waals surface area contributed by atoms with E-state index in [-0.39, 0.29) is 5.82 Å². The summed E-state index contributed by atoms with van der Waals surface area (Å²) in [5.41, 5.74) is 0.340. The molecule has 18 heavy (non-hydrogen) atoms. The van der Waals surface area contributed by atoms with Crippen LogP contribution in [0.2, 0.25) is 0 Å². The van der Waals surface area contributed by atoms with Crippen LogP contribution in [0.25, 0.3) is 22.1 Å². The molecule has 2 nitrogen and oxygen atoms in total. The second kappa shape index (κ2) is 4.11. The first-order valence-electron chi connectivity index (χ1n) is 5.53. The Bertz CT molecular complexity index is 760. The van der Waals surface area contributed by atoms with Crippen LogP contribution >= 0.6 is 0 Å².